The van der Waals surface area contributed by atoms with Crippen LogP contribution in [0.3, 0.4) is 0 Å². The molecule has 10 heteroatoms. The third-order valence-corrected chi connectivity index (χ3v) is 9.82. The minimum atomic E-state index is -4.14. The van der Waals surface area contributed by atoms with E-state index in [-0.39, 0.29) is 23.3 Å². The Bertz CT molecular complexity index is 1490. The molecule has 3 rings (SSSR count). The van der Waals surface area contributed by atoms with Gasteiger partial charge in [0, 0.05) is 13.1 Å². The number of aryl methyl sites for hydroxylation is 1. The molecule has 1 N–H and O–H groups in total. The summed E-state index contributed by atoms with van der Waals surface area (Å²) in [5.41, 5.74) is 2.97. The van der Waals surface area contributed by atoms with Crippen LogP contribution in [0.25, 0.3) is 0 Å². The van der Waals surface area contributed by atoms with Crippen LogP contribution in [0.1, 0.15) is 69.6 Å². The predicted octanol–water partition coefficient (Wildman–Crippen LogP) is 7.34. The monoisotopic (exact) mass is 645 g/mol. The van der Waals surface area contributed by atoms with Gasteiger partial charge >= 0.3 is 0 Å². The molecule has 232 valence electrons. The van der Waals surface area contributed by atoms with Gasteiger partial charge in [0.2, 0.25) is 11.8 Å². The van der Waals surface area contributed by atoms with E-state index in [1.807, 2.05) is 32.9 Å². The number of carbonyl (C=O) groups is 2. The lowest BCUT2D eigenvalue weighted by atomic mass is 10.0. The SMILES string of the molecule is CCCCNC(=O)[C@H](CC)N(Cc1ccc(Cl)c(Cl)c1)C(=O)CN(c1ccc(C(C)C)cc1)S(=O)(=O)c1ccc(C)cc1. The zero-order valence-corrected chi connectivity index (χ0v) is 27.8. The molecule has 3 aromatic carbocycles. The first-order valence-electron chi connectivity index (χ1n) is 14.6. The van der Waals surface area contributed by atoms with Gasteiger partial charge in [-0.15, -0.1) is 0 Å². The van der Waals surface area contributed by atoms with Crippen molar-refractivity contribution in [1.29, 1.82) is 0 Å². The molecule has 1 atom stereocenters. The van der Waals surface area contributed by atoms with Crippen LogP contribution in [-0.2, 0) is 26.2 Å². The molecular weight excluding hydrogens is 605 g/mol. The molecule has 0 radical (unpaired) electrons. The number of nitrogens with one attached hydrogen (secondary N) is 1. The minimum absolute atomic E-state index is 0.0418. The molecule has 0 saturated heterocycles. The summed E-state index contributed by atoms with van der Waals surface area (Å²) in [6, 6.07) is 17.9. The number of anilines is 1. The molecule has 0 unspecified atom stereocenters. The highest BCUT2D eigenvalue weighted by Crippen LogP contribution is 2.28. The number of halogens is 2. The van der Waals surface area contributed by atoms with Gasteiger partial charge in [0.1, 0.15) is 12.6 Å². The molecule has 2 amide bonds. The van der Waals surface area contributed by atoms with E-state index >= 15 is 0 Å². The van der Waals surface area contributed by atoms with Crippen molar-refractivity contribution in [2.24, 2.45) is 0 Å². The molecule has 0 aliphatic heterocycles. The Morgan fingerprint density at radius 3 is 2.12 bits per heavy atom. The zero-order chi connectivity index (χ0) is 31.7. The molecule has 0 bridgehead atoms. The molecule has 0 saturated carbocycles. The van der Waals surface area contributed by atoms with Gasteiger partial charge in [-0.05, 0) is 73.2 Å². The number of unbranched alkanes of at least 4 members (excludes halogenated alkanes) is 1. The average Bonchev–Trinajstić information content (AvgIpc) is 2.97. The maximum atomic E-state index is 14.2. The molecule has 0 heterocycles. The third-order valence-electron chi connectivity index (χ3n) is 7.29. The summed E-state index contributed by atoms with van der Waals surface area (Å²) in [6.07, 6.45) is 2.04. The lowest BCUT2D eigenvalue weighted by molar-refractivity contribution is -0.140. The first-order chi connectivity index (χ1) is 20.4. The van der Waals surface area contributed by atoms with Gasteiger partial charge in [-0.2, -0.15) is 0 Å². The second-order valence-corrected chi connectivity index (χ2v) is 13.6. The van der Waals surface area contributed by atoms with Crippen molar-refractivity contribution < 1.29 is 18.0 Å². The lowest BCUT2D eigenvalue weighted by Crippen LogP contribution is -2.52. The van der Waals surface area contributed by atoms with Crippen LogP contribution in [0.15, 0.2) is 71.6 Å². The van der Waals surface area contributed by atoms with E-state index in [0.717, 1.165) is 28.3 Å². The second kappa shape index (κ2) is 15.6. The summed E-state index contributed by atoms with van der Waals surface area (Å²) in [6.45, 7) is 9.85. The fourth-order valence-electron chi connectivity index (χ4n) is 4.65. The van der Waals surface area contributed by atoms with Crippen molar-refractivity contribution in [2.75, 3.05) is 17.4 Å². The summed E-state index contributed by atoms with van der Waals surface area (Å²) < 4.78 is 29.2. The van der Waals surface area contributed by atoms with Gasteiger partial charge in [-0.25, -0.2) is 8.42 Å². The Balaban J connectivity index is 2.07. The van der Waals surface area contributed by atoms with Crippen LogP contribution >= 0.6 is 23.2 Å². The van der Waals surface area contributed by atoms with Crippen molar-refractivity contribution in [3.63, 3.8) is 0 Å². The van der Waals surface area contributed by atoms with Gasteiger partial charge in [0.05, 0.1) is 20.6 Å². The van der Waals surface area contributed by atoms with E-state index in [9.17, 15) is 18.0 Å². The number of rotatable bonds is 14. The molecule has 43 heavy (non-hydrogen) atoms. The highest BCUT2D eigenvalue weighted by atomic mass is 35.5. The standard InChI is InChI=1S/C33H41Cl2N3O4S/c1-6-8-19-36-33(40)31(7-2)37(21-25-11-18-29(34)30(35)20-25)32(39)22-38(27-14-12-26(13-15-27)23(3)4)43(41,42)28-16-9-24(5)10-17-28/h9-18,20,23,31H,6-8,19,21-22H2,1-5H3,(H,36,40)/t31-/m0/s1. The van der Waals surface area contributed by atoms with Crippen LogP contribution in [0.2, 0.25) is 10.0 Å². The lowest BCUT2D eigenvalue weighted by Gasteiger charge is -2.33. The first-order valence-corrected chi connectivity index (χ1v) is 16.8. The van der Waals surface area contributed by atoms with E-state index in [1.54, 1.807) is 42.5 Å². The molecule has 7 nitrogen and oxygen atoms in total. The fraction of sp³-hybridized carbons (Fsp3) is 0.394. The minimum Gasteiger partial charge on any atom is -0.354 e. The van der Waals surface area contributed by atoms with Gasteiger partial charge in [0.25, 0.3) is 10.0 Å². The van der Waals surface area contributed by atoms with Crippen LogP contribution in [0.5, 0.6) is 0 Å². The summed E-state index contributed by atoms with van der Waals surface area (Å²) in [4.78, 5) is 29.0. The maximum Gasteiger partial charge on any atom is 0.264 e. The van der Waals surface area contributed by atoms with Gasteiger partial charge < -0.3 is 10.2 Å². The van der Waals surface area contributed by atoms with Gasteiger partial charge in [-0.3, -0.25) is 13.9 Å². The molecule has 0 fully saturated rings. The van der Waals surface area contributed by atoms with E-state index in [2.05, 4.69) is 19.2 Å². The quantitative estimate of drug-likeness (QED) is 0.186. The molecule has 0 spiro atoms. The molecule has 0 aromatic heterocycles. The predicted molar refractivity (Wildman–Crippen MR) is 175 cm³/mol. The Morgan fingerprint density at radius 2 is 1.56 bits per heavy atom. The van der Waals surface area contributed by atoms with Gasteiger partial charge in [0.15, 0.2) is 0 Å². The average molecular weight is 647 g/mol. The molecular formula is C33H41Cl2N3O4S. The van der Waals surface area contributed by atoms with Crippen LogP contribution in [0.4, 0.5) is 5.69 Å². The van der Waals surface area contributed by atoms with E-state index < -0.39 is 28.5 Å². The number of amides is 2. The molecule has 3 aromatic rings. The summed E-state index contributed by atoms with van der Waals surface area (Å²) in [5.74, 6) is -0.568. The molecule has 0 aliphatic rings. The second-order valence-electron chi connectivity index (χ2n) is 10.9. The normalized spacial score (nSPS) is 12.2. The van der Waals surface area contributed by atoms with E-state index in [0.29, 0.717) is 34.3 Å². The zero-order valence-electron chi connectivity index (χ0n) is 25.4. The number of sulfonamides is 1. The Kier molecular flexibility index (Phi) is 12.5. The van der Waals surface area contributed by atoms with Crippen molar-refractivity contribution in [1.82, 2.24) is 10.2 Å². The first kappa shape index (κ1) is 34.4. The Labute approximate surface area is 266 Å². The van der Waals surface area contributed by atoms with E-state index in [4.69, 9.17) is 23.2 Å². The summed E-state index contributed by atoms with van der Waals surface area (Å²) >= 11 is 12.4. The maximum absolute atomic E-state index is 14.2. The van der Waals surface area contributed by atoms with Crippen molar-refractivity contribution in [3.8, 4) is 0 Å². The highest BCUT2D eigenvalue weighted by molar-refractivity contribution is 7.92. The van der Waals surface area contributed by atoms with Crippen molar-refractivity contribution in [3.05, 3.63) is 93.5 Å². The summed E-state index contributed by atoms with van der Waals surface area (Å²) in [7, 11) is -4.14. The third kappa shape index (κ3) is 8.97. The number of carbonyl (C=O) groups excluding carboxylic acids is 2. The van der Waals surface area contributed by atoms with Crippen LogP contribution in [0, 0.1) is 6.92 Å². The fourth-order valence-corrected chi connectivity index (χ4v) is 6.39. The smallest absolute Gasteiger partial charge is 0.264 e. The topological polar surface area (TPSA) is 86.8 Å². The van der Waals surface area contributed by atoms with Crippen molar-refractivity contribution >= 4 is 50.7 Å². The van der Waals surface area contributed by atoms with Crippen LogP contribution in [-0.4, -0.2) is 44.3 Å². The Morgan fingerprint density at radius 1 is 0.907 bits per heavy atom. The largest absolute Gasteiger partial charge is 0.354 e. The molecule has 0 aliphatic carbocycles. The summed E-state index contributed by atoms with van der Waals surface area (Å²) in [5, 5.41) is 3.62. The highest BCUT2D eigenvalue weighted by Gasteiger charge is 2.33. The number of benzene rings is 3. The number of hydrogen-bond acceptors (Lipinski definition) is 4. The Hall–Kier alpha value is -3.07. The van der Waals surface area contributed by atoms with E-state index in [1.165, 1.54) is 17.0 Å². The van der Waals surface area contributed by atoms with Gasteiger partial charge in [-0.1, -0.05) is 93.2 Å². The number of nitrogens with zero attached hydrogens (tertiary/aromatic N) is 2. The number of hydrogen-bond donors (Lipinski definition) is 1. The van der Waals surface area contributed by atoms with Crippen molar-refractivity contribution in [2.45, 2.75) is 77.3 Å². The van der Waals surface area contributed by atoms with Crippen LogP contribution < -0.4 is 9.62 Å².